The molecular weight excluding hydrogens is 292 g/mol. The van der Waals surface area contributed by atoms with Crippen LogP contribution < -0.4 is 16.6 Å². The van der Waals surface area contributed by atoms with Crippen LogP contribution >= 0.6 is 0 Å². The maximum Gasteiger partial charge on any atom is 0.330 e. The molecule has 1 aliphatic rings. The summed E-state index contributed by atoms with van der Waals surface area (Å²) in [5.41, 5.74) is -0.984. The van der Waals surface area contributed by atoms with E-state index in [1.54, 1.807) is 20.8 Å². The molecular formula is C15H19F2N3O2. The lowest BCUT2D eigenvalue weighted by atomic mass is 9.92. The van der Waals surface area contributed by atoms with E-state index < -0.39 is 34.9 Å². The van der Waals surface area contributed by atoms with Crippen LogP contribution in [0.1, 0.15) is 33.2 Å². The van der Waals surface area contributed by atoms with Crippen LogP contribution in [0.4, 0.5) is 14.6 Å². The summed E-state index contributed by atoms with van der Waals surface area (Å²) in [6.45, 7) is 5.12. The molecule has 2 N–H and O–H groups in total. The molecule has 0 aromatic carbocycles. The normalized spacial score (nSPS) is 19.6. The number of allylic oxidation sites excluding steroid dienone is 3. The molecule has 1 aromatic rings. The van der Waals surface area contributed by atoms with Crippen LogP contribution in [0.15, 0.2) is 39.5 Å². The number of aromatic amines is 1. The Bertz CT molecular complexity index is 700. The van der Waals surface area contributed by atoms with Crippen molar-refractivity contribution in [3.63, 3.8) is 0 Å². The zero-order chi connectivity index (χ0) is 16.4. The summed E-state index contributed by atoms with van der Waals surface area (Å²) >= 11 is 0. The van der Waals surface area contributed by atoms with Crippen LogP contribution in [-0.2, 0) is 0 Å². The van der Waals surface area contributed by atoms with Gasteiger partial charge in [-0.05, 0) is 32.9 Å². The summed E-state index contributed by atoms with van der Waals surface area (Å²) < 4.78 is 28.1. The first-order chi connectivity index (χ1) is 10.3. The Morgan fingerprint density at radius 1 is 1.27 bits per heavy atom. The fraction of sp³-hybridized carbons (Fsp3) is 0.467. The van der Waals surface area contributed by atoms with Gasteiger partial charge in [-0.1, -0.05) is 0 Å². The minimum Gasteiger partial charge on any atom is -0.368 e. The van der Waals surface area contributed by atoms with Gasteiger partial charge in [0.15, 0.2) is 0 Å². The largest absolute Gasteiger partial charge is 0.368 e. The predicted molar refractivity (Wildman–Crippen MR) is 81.3 cm³/mol. The summed E-state index contributed by atoms with van der Waals surface area (Å²) in [6.07, 6.45) is 2.15. The van der Waals surface area contributed by atoms with Crippen molar-refractivity contribution in [1.82, 2.24) is 9.55 Å². The van der Waals surface area contributed by atoms with Gasteiger partial charge < -0.3 is 5.32 Å². The highest BCUT2D eigenvalue weighted by molar-refractivity contribution is 5.35. The van der Waals surface area contributed by atoms with Crippen molar-refractivity contribution in [2.24, 2.45) is 5.92 Å². The van der Waals surface area contributed by atoms with Crippen molar-refractivity contribution < 1.29 is 8.78 Å². The Hall–Kier alpha value is -2.18. The van der Waals surface area contributed by atoms with Gasteiger partial charge >= 0.3 is 5.69 Å². The van der Waals surface area contributed by atoms with Crippen LogP contribution in [0, 0.1) is 5.92 Å². The van der Waals surface area contributed by atoms with Crippen LogP contribution in [-0.4, -0.2) is 15.6 Å². The van der Waals surface area contributed by atoms with Gasteiger partial charge in [0.1, 0.15) is 17.5 Å². The summed E-state index contributed by atoms with van der Waals surface area (Å²) in [5, 5.41) is 2.87. The molecule has 0 spiro atoms. The number of hydrogen-bond acceptors (Lipinski definition) is 3. The number of halogens is 2. The van der Waals surface area contributed by atoms with E-state index in [4.69, 9.17) is 0 Å². The van der Waals surface area contributed by atoms with Gasteiger partial charge in [-0.3, -0.25) is 14.3 Å². The van der Waals surface area contributed by atoms with Crippen molar-refractivity contribution in [2.45, 2.75) is 39.3 Å². The van der Waals surface area contributed by atoms with Crippen LogP contribution in [0.5, 0.6) is 0 Å². The zero-order valence-electron chi connectivity index (χ0n) is 12.7. The van der Waals surface area contributed by atoms with E-state index in [2.05, 4.69) is 10.3 Å². The molecule has 0 fully saturated rings. The fourth-order valence-corrected chi connectivity index (χ4v) is 2.50. The minimum atomic E-state index is -0.680. The van der Waals surface area contributed by atoms with Crippen LogP contribution in [0.25, 0.3) is 0 Å². The van der Waals surface area contributed by atoms with E-state index in [1.807, 2.05) is 0 Å². The number of nitrogens with zero attached hydrogens (tertiary/aromatic N) is 1. The third-order valence-electron chi connectivity index (χ3n) is 3.66. The van der Waals surface area contributed by atoms with Gasteiger partial charge in [0.05, 0.1) is 0 Å². The molecule has 0 aliphatic heterocycles. The van der Waals surface area contributed by atoms with E-state index in [9.17, 15) is 18.4 Å². The lowest BCUT2D eigenvalue weighted by molar-refractivity contribution is 0.387. The SMILES string of the molecule is CC(C)n1c(=O)cc(N[C@@H](C)C2CC(F)=CC=C2F)[nH]c1=O. The number of anilines is 1. The highest BCUT2D eigenvalue weighted by atomic mass is 19.1. The molecule has 7 heteroatoms. The molecule has 2 rings (SSSR count). The highest BCUT2D eigenvalue weighted by Crippen LogP contribution is 2.30. The van der Waals surface area contributed by atoms with Crippen LogP contribution in [0.3, 0.4) is 0 Å². The molecule has 120 valence electrons. The van der Waals surface area contributed by atoms with Crippen LogP contribution in [0.2, 0.25) is 0 Å². The Balaban J connectivity index is 2.21. The number of H-pyrrole nitrogens is 1. The van der Waals surface area contributed by atoms with E-state index in [0.29, 0.717) is 0 Å². The van der Waals surface area contributed by atoms with Gasteiger partial charge in [0, 0.05) is 30.5 Å². The number of aromatic nitrogens is 2. The molecule has 5 nitrogen and oxygen atoms in total. The van der Waals surface area contributed by atoms with E-state index >= 15 is 0 Å². The second-order valence-corrected chi connectivity index (χ2v) is 5.70. The molecule has 1 heterocycles. The molecule has 22 heavy (non-hydrogen) atoms. The van der Waals surface area contributed by atoms with Crippen molar-refractivity contribution in [3.8, 4) is 0 Å². The zero-order valence-corrected chi connectivity index (χ0v) is 12.7. The van der Waals surface area contributed by atoms with Gasteiger partial charge in [-0.25, -0.2) is 13.6 Å². The van der Waals surface area contributed by atoms with Crippen molar-refractivity contribution in [1.29, 1.82) is 0 Å². The smallest absolute Gasteiger partial charge is 0.330 e. The van der Waals surface area contributed by atoms with Crippen molar-refractivity contribution in [3.05, 3.63) is 50.7 Å². The predicted octanol–water partition coefficient (Wildman–Crippen LogP) is 2.64. The topological polar surface area (TPSA) is 66.9 Å². The van der Waals surface area contributed by atoms with Gasteiger partial charge in [-0.15, -0.1) is 0 Å². The first-order valence-corrected chi connectivity index (χ1v) is 7.13. The van der Waals surface area contributed by atoms with Crippen molar-refractivity contribution >= 4 is 5.82 Å². The first kappa shape index (κ1) is 16.2. The highest BCUT2D eigenvalue weighted by Gasteiger charge is 2.26. The average molecular weight is 311 g/mol. The molecule has 1 unspecified atom stereocenters. The number of rotatable bonds is 4. The molecule has 0 saturated heterocycles. The molecule has 0 bridgehead atoms. The fourth-order valence-electron chi connectivity index (χ4n) is 2.50. The Morgan fingerprint density at radius 3 is 2.55 bits per heavy atom. The summed E-state index contributed by atoms with van der Waals surface area (Å²) in [6, 6.07) is 0.496. The molecule has 0 radical (unpaired) electrons. The third-order valence-corrected chi connectivity index (χ3v) is 3.66. The maximum absolute atomic E-state index is 13.8. The molecule has 0 amide bonds. The van der Waals surface area contributed by atoms with Gasteiger partial charge in [-0.2, -0.15) is 0 Å². The molecule has 0 saturated carbocycles. The van der Waals surface area contributed by atoms with E-state index in [1.165, 1.54) is 6.07 Å². The Labute approximate surface area is 126 Å². The second kappa shape index (κ2) is 6.29. The summed E-state index contributed by atoms with van der Waals surface area (Å²) in [5.74, 6) is -1.31. The lowest BCUT2D eigenvalue weighted by Crippen LogP contribution is -2.37. The quantitative estimate of drug-likeness (QED) is 0.898. The van der Waals surface area contributed by atoms with E-state index in [-0.39, 0.29) is 18.3 Å². The Morgan fingerprint density at radius 2 is 1.95 bits per heavy atom. The van der Waals surface area contributed by atoms with Crippen molar-refractivity contribution in [2.75, 3.05) is 5.32 Å². The summed E-state index contributed by atoms with van der Waals surface area (Å²) in [4.78, 5) is 26.4. The van der Waals surface area contributed by atoms with Gasteiger partial charge in [0.25, 0.3) is 5.56 Å². The molecule has 1 aromatic heterocycles. The average Bonchev–Trinajstić information content (AvgIpc) is 2.40. The third kappa shape index (κ3) is 3.35. The molecule has 1 aliphatic carbocycles. The lowest BCUT2D eigenvalue weighted by Gasteiger charge is -2.25. The number of nitrogens with one attached hydrogen (secondary N) is 2. The van der Waals surface area contributed by atoms with E-state index in [0.717, 1.165) is 16.7 Å². The first-order valence-electron chi connectivity index (χ1n) is 7.13. The number of hydrogen-bond donors (Lipinski definition) is 2. The Kier molecular flexibility index (Phi) is 4.63. The second-order valence-electron chi connectivity index (χ2n) is 5.70. The standard InChI is InChI=1S/C15H19F2N3O2/c1-8(2)20-14(21)7-13(19-15(20)22)18-9(3)11-6-10(16)4-5-12(11)17/h4-5,7-9,11,18H,6H2,1-3H3,(H,19,22)/t9-,11?/m0/s1. The van der Waals surface area contributed by atoms with Gasteiger partial charge in [0.2, 0.25) is 0 Å². The minimum absolute atomic E-state index is 0.0518. The summed E-state index contributed by atoms with van der Waals surface area (Å²) in [7, 11) is 0. The molecule has 2 atom stereocenters. The monoisotopic (exact) mass is 311 g/mol. The maximum atomic E-state index is 13.8.